The van der Waals surface area contributed by atoms with Crippen LogP contribution in [0.15, 0.2) is 48.5 Å². The SMILES string of the molecule is COc1ccc(/C=C/C(=O)NCC(=O)N2CCN(c3cccc(Cl)c3)CC2)c(OC)c1. The Morgan fingerprint density at radius 3 is 2.52 bits per heavy atom. The summed E-state index contributed by atoms with van der Waals surface area (Å²) in [5.41, 5.74) is 1.79. The van der Waals surface area contributed by atoms with E-state index in [9.17, 15) is 9.59 Å². The standard InChI is InChI=1S/C23H26ClN3O4/c1-30-20-8-6-17(21(15-20)31-2)7-9-22(28)25-16-23(29)27-12-10-26(11-13-27)19-5-3-4-18(24)14-19/h3-9,14-15H,10-13,16H2,1-2H3,(H,25,28)/b9-7+. The second-order valence-corrected chi connectivity index (χ2v) is 7.44. The highest BCUT2D eigenvalue weighted by Gasteiger charge is 2.21. The van der Waals surface area contributed by atoms with E-state index >= 15 is 0 Å². The van der Waals surface area contributed by atoms with E-state index in [0.717, 1.165) is 24.3 Å². The summed E-state index contributed by atoms with van der Waals surface area (Å²) in [6.07, 6.45) is 3.02. The van der Waals surface area contributed by atoms with Gasteiger partial charge in [0.1, 0.15) is 11.5 Å². The predicted molar refractivity (Wildman–Crippen MR) is 122 cm³/mol. The molecule has 8 heteroatoms. The molecule has 1 N–H and O–H groups in total. The van der Waals surface area contributed by atoms with Crippen molar-refractivity contribution < 1.29 is 19.1 Å². The molecule has 7 nitrogen and oxygen atoms in total. The molecular weight excluding hydrogens is 418 g/mol. The maximum absolute atomic E-state index is 12.5. The first-order valence-electron chi connectivity index (χ1n) is 9.96. The molecule has 31 heavy (non-hydrogen) atoms. The van der Waals surface area contributed by atoms with Crippen molar-refractivity contribution in [3.8, 4) is 11.5 Å². The highest BCUT2D eigenvalue weighted by Crippen LogP contribution is 2.25. The molecule has 2 aromatic rings. The van der Waals surface area contributed by atoms with Gasteiger partial charge in [-0.3, -0.25) is 9.59 Å². The van der Waals surface area contributed by atoms with Crippen LogP contribution in [0.3, 0.4) is 0 Å². The molecule has 0 aromatic heterocycles. The van der Waals surface area contributed by atoms with Gasteiger partial charge in [-0.15, -0.1) is 0 Å². The third-order valence-electron chi connectivity index (χ3n) is 5.07. The number of ether oxygens (including phenoxy) is 2. The van der Waals surface area contributed by atoms with Crippen molar-refractivity contribution in [3.05, 3.63) is 59.1 Å². The molecular formula is C23H26ClN3O4. The molecule has 0 radical (unpaired) electrons. The third kappa shape index (κ3) is 6.15. The van der Waals surface area contributed by atoms with Crippen molar-refractivity contribution in [1.29, 1.82) is 0 Å². The average Bonchev–Trinajstić information content (AvgIpc) is 2.81. The van der Waals surface area contributed by atoms with Crippen molar-refractivity contribution in [2.45, 2.75) is 0 Å². The molecule has 0 unspecified atom stereocenters. The van der Waals surface area contributed by atoms with Gasteiger partial charge in [0, 0.05) is 54.6 Å². The fourth-order valence-electron chi connectivity index (χ4n) is 3.34. The van der Waals surface area contributed by atoms with E-state index in [0.29, 0.717) is 29.6 Å². The normalized spacial score (nSPS) is 13.9. The second-order valence-electron chi connectivity index (χ2n) is 7.01. The van der Waals surface area contributed by atoms with Crippen LogP contribution in [0, 0.1) is 0 Å². The summed E-state index contributed by atoms with van der Waals surface area (Å²) in [7, 11) is 3.13. The Kier molecular flexibility index (Phi) is 7.78. The van der Waals surface area contributed by atoms with E-state index in [2.05, 4.69) is 10.2 Å². The Hall–Kier alpha value is -3.19. The molecule has 0 spiro atoms. The Morgan fingerprint density at radius 2 is 1.84 bits per heavy atom. The van der Waals surface area contributed by atoms with Gasteiger partial charge in [-0.05, 0) is 36.4 Å². The summed E-state index contributed by atoms with van der Waals surface area (Å²) in [6, 6.07) is 13.0. The van der Waals surface area contributed by atoms with Gasteiger partial charge >= 0.3 is 0 Å². The molecule has 1 fully saturated rings. The topological polar surface area (TPSA) is 71.1 Å². The molecule has 2 amide bonds. The van der Waals surface area contributed by atoms with Crippen LogP contribution in [0.2, 0.25) is 5.02 Å². The monoisotopic (exact) mass is 443 g/mol. The van der Waals surface area contributed by atoms with Gasteiger partial charge < -0.3 is 24.6 Å². The van der Waals surface area contributed by atoms with Crippen molar-refractivity contribution in [1.82, 2.24) is 10.2 Å². The number of benzene rings is 2. The van der Waals surface area contributed by atoms with Crippen LogP contribution in [0.25, 0.3) is 6.08 Å². The van der Waals surface area contributed by atoms with Crippen molar-refractivity contribution >= 4 is 35.2 Å². The lowest BCUT2D eigenvalue weighted by atomic mass is 10.1. The summed E-state index contributed by atoms with van der Waals surface area (Å²) in [5.74, 6) is 0.815. The Labute approximate surface area is 187 Å². The molecule has 1 heterocycles. The maximum atomic E-state index is 12.5. The number of methoxy groups -OCH3 is 2. The lowest BCUT2D eigenvalue weighted by molar-refractivity contribution is -0.132. The van der Waals surface area contributed by atoms with Gasteiger partial charge in [0.2, 0.25) is 11.8 Å². The number of carbonyl (C=O) groups excluding carboxylic acids is 2. The molecule has 0 atom stereocenters. The van der Waals surface area contributed by atoms with Crippen LogP contribution in [0.1, 0.15) is 5.56 Å². The van der Waals surface area contributed by atoms with E-state index < -0.39 is 0 Å². The van der Waals surface area contributed by atoms with Crippen LogP contribution in [-0.2, 0) is 9.59 Å². The Bertz CT molecular complexity index is 956. The lowest BCUT2D eigenvalue weighted by Crippen LogP contribution is -2.51. The quantitative estimate of drug-likeness (QED) is 0.666. The fourth-order valence-corrected chi connectivity index (χ4v) is 3.53. The van der Waals surface area contributed by atoms with E-state index in [1.807, 2.05) is 24.3 Å². The number of nitrogens with one attached hydrogen (secondary N) is 1. The summed E-state index contributed by atoms with van der Waals surface area (Å²) in [5, 5.41) is 3.34. The van der Waals surface area contributed by atoms with Gasteiger partial charge in [-0.1, -0.05) is 17.7 Å². The fraction of sp³-hybridized carbons (Fsp3) is 0.304. The summed E-state index contributed by atoms with van der Waals surface area (Å²) in [6.45, 7) is 2.59. The minimum absolute atomic E-state index is 0.0416. The van der Waals surface area contributed by atoms with Crippen molar-refractivity contribution in [2.75, 3.05) is 51.8 Å². The number of halogens is 1. The first kappa shape index (κ1) is 22.5. The number of carbonyl (C=O) groups is 2. The largest absolute Gasteiger partial charge is 0.497 e. The van der Waals surface area contributed by atoms with Crippen molar-refractivity contribution in [2.24, 2.45) is 0 Å². The minimum Gasteiger partial charge on any atom is -0.497 e. The predicted octanol–water partition coefficient (Wildman–Crippen LogP) is 2.84. The number of hydrogen-bond acceptors (Lipinski definition) is 5. The molecule has 164 valence electrons. The van der Waals surface area contributed by atoms with Crippen LogP contribution >= 0.6 is 11.6 Å². The average molecular weight is 444 g/mol. The van der Waals surface area contributed by atoms with Gasteiger partial charge in [-0.25, -0.2) is 0 Å². The van der Waals surface area contributed by atoms with Gasteiger partial charge in [0.05, 0.1) is 20.8 Å². The van der Waals surface area contributed by atoms with Gasteiger partial charge in [0.15, 0.2) is 0 Å². The summed E-state index contributed by atoms with van der Waals surface area (Å²) < 4.78 is 10.5. The third-order valence-corrected chi connectivity index (χ3v) is 5.31. The van der Waals surface area contributed by atoms with Crippen LogP contribution in [0.5, 0.6) is 11.5 Å². The number of piperazine rings is 1. The zero-order valence-corrected chi connectivity index (χ0v) is 18.4. The highest BCUT2D eigenvalue weighted by atomic mass is 35.5. The number of amides is 2. The smallest absolute Gasteiger partial charge is 0.244 e. The van der Waals surface area contributed by atoms with Crippen molar-refractivity contribution in [3.63, 3.8) is 0 Å². The molecule has 1 aliphatic rings. The van der Waals surface area contributed by atoms with E-state index in [4.69, 9.17) is 21.1 Å². The molecule has 0 saturated carbocycles. The Balaban J connectivity index is 1.46. The second kappa shape index (κ2) is 10.7. The molecule has 3 rings (SSSR count). The number of nitrogens with zero attached hydrogens (tertiary/aromatic N) is 2. The first-order chi connectivity index (χ1) is 15.0. The zero-order chi connectivity index (χ0) is 22.2. The number of rotatable bonds is 7. The molecule has 0 bridgehead atoms. The van der Waals surface area contributed by atoms with Crippen LogP contribution in [-0.4, -0.2) is 63.7 Å². The van der Waals surface area contributed by atoms with Crippen LogP contribution < -0.4 is 19.7 Å². The summed E-state index contributed by atoms with van der Waals surface area (Å²) >= 11 is 6.06. The van der Waals surface area contributed by atoms with E-state index in [-0.39, 0.29) is 18.4 Å². The number of anilines is 1. The Morgan fingerprint density at radius 1 is 1.06 bits per heavy atom. The first-order valence-corrected chi connectivity index (χ1v) is 10.3. The van der Waals surface area contributed by atoms with Gasteiger partial charge in [-0.2, -0.15) is 0 Å². The van der Waals surface area contributed by atoms with E-state index in [1.165, 1.54) is 6.08 Å². The number of hydrogen-bond donors (Lipinski definition) is 1. The van der Waals surface area contributed by atoms with E-state index in [1.54, 1.807) is 43.4 Å². The molecule has 1 aliphatic heterocycles. The summed E-state index contributed by atoms with van der Waals surface area (Å²) in [4.78, 5) is 28.6. The van der Waals surface area contributed by atoms with Crippen LogP contribution in [0.4, 0.5) is 5.69 Å². The zero-order valence-electron chi connectivity index (χ0n) is 17.6. The highest BCUT2D eigenvalue weighted by molar-refractivity contribution is 6.30. The molecule has 1 saturated heterocycles. The molecule has 2 aromatic carbocycles. The lowest BCUT2D eigenvalue weighted by Gasteiger charge is -2.36. The van der Waals surface area contributed by atoms with Gasteiger partial charge in [0.25, 0.3) is 0 Å². The minimum atomic E-state index is -0.344. The molecule has 0 aliphatic carbocycles. The maximum Gasteiger partial charge on any atom is 0.244 e.